The van der Waals surface area contributed by atoms with E-state index >= 15 is 0 Å². The fourth-order valence-corrected chi connectivity index (χ4v) is 9.60. The molecule has 5 heterocycles. The number of aliphatic carboxylic acids is 1. The van der Waals surface area contributed by atoms with Crippen molar-refractivity contribution in [3.05, 3.63) is 36.0 Å². The normalized spacial score (nSPS) is 22.0. The number of carboxylic acid groups (broad SMARTS) is 1. The van der Waals surface area contributed by atoms with E-state index in [1.54, 1.807) is 26.1 Å². The van der Waals surface area contributed by atoms with Crippen molar-refractivity contribution >= 4 is 75.9 Å². The molecule has 24 heteroatoms. The Bertz CT molecular complexity index is 2360. The van der Waals surface area contributed by atoms with Gasteiger partial charge in [0.05, 0.1) is 19.6 Å². The average Bonchev–Trinajstić information content (AvgIpc) is 4.21. The first-order chi connectivity index (χ1) is 33.4. The van der Waals surface area contributed by atoms with Crippen molar-refractivity contribution in [3.8, 4) is 0 Å². The van der Waals surface area contributed by atoms with E-state index in [9.17, 15) is 63.0 Å². The summed E-state index contributed by atoms with van der Waals surface area (Å²) in [5.74, 6) is -8.85. The smallest absolute Gasteiger partial charge is 0.326 e. The summed E-state index contributed by atoms with van der Waals surface area (Å²) in [6, 6.07) is -2.33. The minimum absolute atomic E-state index is 0.0675. The number of carbonyl (C=O) groups excluding carboxylic acids is 10. The largest absolute Gasteiger partial charge is 0.480 e. The number of fused-ring (bicyclic) bond motifs is 1. The van der Waals surface area contributed by atoms with Gasteiger partial charge in [0, 0.05) is 49.6 Å². The average molecular weight is 978 g/mol. The van der Waals surface area contributed by atoms with Crippen LogP contribution in [-0.4, -0.2) is 176 Å². The highest BCUT2D eigenvalue weighted by atomic mass is 16.4. The predicted molar refractivity (Wildman–Crippen MR) is 246 cm³/mol. The highest BCUT2D eigenvalue weighted by Gasteiger charge is 2.45. The van der Waals surface area contributed by atoms with Crippen LogP contribution in [0.25, 0.3) is 10.9 Å². The van der Waals surface area contributed by atoms with Gasteiger partial charge in [-0.25, -0.2) is 4.79 Å². The maximum Gasteiger partial charge on any atom is 0.326 e. The van der Waals surface area contributed by atoms with Gasteiger partial charge < -0.3 is 67.5 Å². The topological polar surface area (TPSA) is 352 Å². The van der Waals surface area contributed by atoms with E-state index in [2.05, 4.69) is 36.9 Å². The van der Waals surface area contributed by atoms with E-state index in [4.69, 9.17) is 5.73 Å². The van der Waals surface area contributed by atoms with Crippen molar-refractivity contribution in [2.24, 2.45) is 11.7 Å². The van der Waals surface area contributed by atoms with Crippen LogP contribution in [0.1, 0.15) is 83.6 Å². The Morgan fingerprint density at radius 1 is 0.771 bits per heavy atom. The molecule has 10 amide bonds. The molecule has 11 N–H and O–H groups in total. The van der Waals surface area contributed by atoms with Crippen molar-refractivity contribution in [2.45, 2.75) is 133 Å². The summed E-state index contributed by atoms with van der Waals surface area (Å²) in [6.45, 7) is 2.45. The van der Waals surface area contributed by atoms with E-state index in [0.29, 0.717) is 44.1 Å². The number of primary amides is 1. The summed E-state index contributed by atoms with van der Waals surface area (Å²) in [7, 11) is 0. The molecule has 2 aromatic rings. The van der Waals surface area contributed by atoms with Gasteiger partial charge in [-0.05, 0) is 62.5 Å². The molecule has 4 aliphatic heterocycles. The number of aliphatic hydroxyl groups is 1. The number of carbonyl (C=O) groups is 11. The number of hydrogen-bond acceptors (Lipinski definition) is 12. The van der Waals surface area contributed by atoms with Crippen molar-refractivity contribution in [1.29, 1.82) is 0 Å². The highest BCUT2D eigenvalue weighted by Crippen LogP contribution is 2.27. The van der Waals surface area contributed by atoms with Crippen LogP contribution >= 0.6 is 0 Å². The summed E-state index contributed by atoms with van der Waals surface area (Å²) < 4.78 is 0. The zero-order valence-corrected chi connectivity index (χ0v) is 39.2. The third-order valence-corrected chi connectivity index (χ3v) is 13.6. The second-order valence-corrected chi connectivity index (χ2v) is 18.3. The van der Waals surface area contributed by atoms with Gasteiger partial charge in [-0.1, -0.05) is 38.5 Å². The number of carboxylic acids is 1. The molecule has 0 bridgehead atoms. The second-order valence-electron chi connectivity index (χ2n) is 18.3. The lowest BCUT2D eigenvalue weighted by Crippen LogP contribution is -2.60. The van der Waals surface area contributed by atoms with Crippen molar-refractivity contribution in [1.82, 2.24) is 51.6 Å². The van der Waals surface area contributed by atoms with Crippen molar-refractivity contribution in [2.75, 3.05) is 32.8 Å². The van der Waals surface area contributed by atoms with Crippen molar-refractivity contribution < 1.29 is 63.0 Å². The minimum Gasteiger partial charge on any atom is -0.480 e. The number of aromatic nitrogens is 1. The van der Waals surface area contributed by atoms with Crippen LogP contribution < -0.4 is 37.6 Å². The molecule has 0 spiro atoms. The quantitative estimate of drug-likeness (QED) is 0.0598. The molecule has 380 valence electrons. The van der Waals surface area contributed by atoms with Crippen LogP contribution in [-0.2, 0) is 59.2 Å². The highest BCUT2D eigenvalue weighted by molar-refractivity contribution is 5.99. The Balaban J connectivity index is 1.10. The first-order valence-electron chi connectivity index (χ1n) is 23.8. The second kappa shape index (κ2) is 23.5. The number of hydrogen-bond donors (Lipinski definition) is 10. The lowest BCUT2D eigenvalue weighted by atomic mass is 9.96. The van der Waals surface area contributed by atoms with Gasteiger partial charge in [0.2, 0.25) is 59.1 Å². The first-order valence-corrected chi connectivity index (χ1v) is 23.8. The number of nitrogens with one attached hydrogen (secondary N) is 7. The van der Waals surface area contributed by atoms with Gasteiger partial charge in [-0.3, -0.25) is 47.9 Å². The number of para-hydroxylation sites is 1. The zero-order chi connectivity index (χ0) is 50.8. The van der Waals surface area contributed by atoms with Gasteiger partial charge in [-0.15, -0.1) is 0 Å². The Morgan fingerprint density at radius 3 is 2.06 bits per heavy atom. The monoisotopic (exact) mass is 977 g/mol. The number of nitrogens with two attached hydrogens (primary N) is 1. The Hall–Kier alpha value is -7.11. The van der Waals surface area contributed by atoms with Gasteiger partial charge in [0.25, 0.3) is 0 Å². The number of rotatable bonds is 21. The van der Waals surface area contributed by atoms with Gasteiger partial charge in [0.15, 0.2) is 0 Å². The van der Waals surface area contributed by atoms with E-state index in [1.165, 1.54) is 14.7 Å². The van der Waals surface area contributed by atoms with Gasteiger partial charge in [0.1, 0.15) is 48.3 Å². The zero-order valence-electron chi connectivity index (χ0n) is 39.2. The predicted octanol–water partition coefficient (Wildman–Crippen LogP) is -2.98. The Morgan fingerprint density at radius 2 is 1.41 bits per heavy atom. The standard InChI is InChI=1S/C46H63N11O13/c1-3-24(2)38(45(68)56-17-7-12-33(56)44(67)57-18-8-13-34(57)46(69)70)54-40(63)29(20-35(47)59)51-37(61)22-49-42(65)32-11-6-16-55(32)43(66)30(19-25-21-48-27-10-5-4-9-26(25)27)52-41(64)31(23-58)53-39(62)28-14-15-36(60)50-28/h4-5,9-10,21,24,28-34,38,48,58H,3,6-8,11-20,22-23H2,1-2H3,(H2,47,59)(H,49,65)(H,50,60)(H,51,61)(H,52,64)(H,53,62)(H,54,63)(H,69,70)/t24-,28-,29-,30-,31-,32-,33-,34-,38-/m0/s1. The van der Waals surface area contributed by atoms with E-state index in [1.807, 2.05) is 18.2 Å². The molecule has 4 saturated heterocycles. The van der Waals surface area contributed by atoms with Gasteiger partial charge in [-0.2, -0.15) is 0 Å². The van der Waals surface area contributed by atoms with E-state index < -0.39 is 133 Å². The number of benzene rings is 1. The maximum atomic E-state index is 14.4. The molecule has 0 aliphatic carbocycles. The van der Waals surface area contributed by atoms with Crippen LogP contribution in [0.4, 0.5) is 0 Å². The lowest BCUT2D eigenvalue weighted by molar-refractivity contribution is -0.152. The third-order valence-electron chi connectivity index (χ3n) is 13.6. The SMILES string of the molecule is CC[C@H](C)[C@H](NC(=O)[C@H](CC(N)=O)NC(=O)CNC(=O)[C@@H]1CCCN1C(=O)[C@H](Cc1c[nH]c2ccccc12)NC(=O)[C@H](CO)NC(=O)[C@@H]1CCC(=O)N1)C(=O)N1CCC[C@H]1C(=O)N1CCC[C@H]1C(=O)O. The molecule has 1 aromatic heterocycles. The van der Waals surface area contributed by atoms with Crippen LogP contribution in [0.2, 0.25) is 0 Å². The van der Waals surface area contributed by atoms with E-state index in [-0.39, 0.29) is 51.2 Å². The fraction of sp³-hybridized carbons (Fsp3) is 0.587. The summed E-state index contributed by atoms with van der Waals surface area (Å²) >= 11 is 0. The maximum absolute atomic E-state index is 14.4. The molecule has 0 saturated carbocycles. The van der Waals surface area contributed by atoms with E-state index in [0.717, 1.165) is 10.9 Å². The fourth-order valence-electron chi connectivity index (χ4n) is 9.60. The summed E-state index contributed by atoms with van der Waals surface area (Å²) in [5.41, 5.74) is 6.86. The molecular formula is C46H63N11O13. The van der Waals surface area contributed by atoms with Gasteiger partial charge >= 0.3 is 5.97 Å². The summed E-state index contributed by atoms with van der Waals surface area (Å²) in [4.78, 5) is 152. The Labute approximate surface area is 402 Å². The first kappa shape index (κ1) is 52.3. The molecule has 9 atom stereocenters. The number of likely N-dealkylation sites (tertiary alicyclic amines) is 3. The molecule has 6 rings (SSSR count). The number of H-pyrrole nitrogens is 1. The van der Waals surface area contributed by atoms with Crippen LogP contribution in [0.5, 0.6) is 0 Å². The lowest BCUT2D eigenvalue weighted by Gasteiger charge is -2.34. The number of nitrogens with zero attached hydrogens (tertiary/aromatic N) is 3. The summed E-state index contributed by atoms with van der Waals surface area (Å²) in [5, 5.41) is 35.6. The van der Waals surface area contributed by atoms with Crippen LogP contribution in [0.15, 0.2) is 30.5 Å². The molecule has 0 radical (unpaired) electrons. The third kappa shape index (κ3) is 12.4. The molecule has 4 fully saturated rings. The molecule has 0 unspecified atom stereocenters. The number of aromatic amines is 1. The minimum atomic E-state index is -1.60. The summed E-state index contributed by atoms with van der Waals surface area (Å²) in [6.07, 6.45) is 3.73. The molecule has 1 aromatic carbocycles. The molecule has 70 heavy (non-hydrogen) atoms. The number of aliphatic hydroxyl groups excluding tert-OH is 1. The van der Waals surface area contributed by atoms with Crippen LogP contribution in [0, 0.1) is 5.92 Å². The Kier molecular flexibility index (Phi) is 17.5. The van der Waals surface area contributed by atoms with Crippen molar-refractivity contribution in [3.63, 3.8) is 0 Å². The molecule has 4 aliphatic rings. The molecular weight excluding hydrogens is 915 g/mol. The molecule has 24 nitrogen and oxygen atoms in total. The van der Waals surface area contributed by atoms with Crippen LogP contribution in [0.3, 0.4) is 0 Å². The number of amides is 10.